The van der Waals surface area contributed by atoms with Crippen LogP contribution in [0.25, 0.3) is 21.9 Å². The summed E-state index contributed by atoms with van der Waals surface area (Å²) in [5.41, 5.74) is 1.43. The molecule has 0 aliphatic heterocycles. The summed E-state index contributed by atoms with van der Waals surface area (Å²) in [5.74, 6) is -0.345. The van der Waals surface area contributed by atoms with Crippen LogP contribution in [-0.2, 0) is 0 Å². The Morgan fingerprint density at radius 1 is 0.950 bits per heavy atom. The molecule has 1 aromatic heterocycles. The van der Waals surface area contributed by atoms with E-state index in [0.717, 1.165) is 10.9 Å². The van der Waals surface area contributed by atoms with Gasteiger partial charge in [0.2, 0.25) is 5.88 Å². The first-order valence-corrected chi connectivity index (χ1v) is 6.07. The van der Waals surface area contributed by atoms with Crippen LogP contribution in [-0.4, -0.2) is 12.1 Å². The van der Waals surface area contributed by atoms with Crippen LogP contribution in [0.1, 0.15) is 0 Å². The van der Waals surface area contributed by atoms with E-state index in [2.05, 4.69) is 4.98 Å². The van der Waals surface area contributed by atoms with E-state index >= 15 is 0 Å². The van der Waals surface area contributed by atoms with E-state index in [9.17, 15) is 8.78 Å². The molecule has 0 saturated carbocycles. The van der Waals surface area contributed by atoms with Gasteiger partial charge in [-0.1, -0.05) is 18.2 Å². The van der Waals surface area contributed by atoms with Gasteiger partial charge in [0.15, 0.2) is 0 Å². The van der Waals surface area contributed by atoms with E-state index in [4.69, 9.17) is 4.74 Å². The third kappa shape index (κ3) is 2.09. The lowest BCUT2D eigenvalue weighted by Crippen LogP contribution is -1.92. The predicted octanol–water partition coefficient (Wildman–Crippen LogP) is 4.19. The summed E-state index contributed by atoms with van der Waals surface area (Å²) < 4.78 is 31.9. The van der Waals surface area contributed by atoms with Crippen LogP contribution >= 0.6 is 0 Å². The summed E-state index contributed by atoms with van der Waals surface area (Å²) in [5, 5.41) is 1.33. The average molecular weight is 271 g/mol. The smallest absolute Gasteiger partial charge is 0.221 e. The molecule has 0 atom stereocenters. The van der Waals surface area contributed by atoms with E-state index in [-0.39, 0.29) is 11.6 Å². The molecule has 1 heterocycles. The first kappa shape index (κ1) is 12.5. The van der Waals surface area contributed by atoms with Gasteiger partial charge in [-0.15, -0.1) is 0 Å². The maximum Gasteiger partial charge on any atom is 0.221 e. The molecule has 0 saturated heterocycles. The molecule has 0 N–H and O–H groups in total. The number of aromatic nitrogens is 1. The third-order valence-corrected chi connectivity index (χ3v) is 3.14. The summed E-state index contributed by atoms with van der Waals surface area (Å²) in [6.45, 7) is 0. The van der Waals surface area contributed by atoms with Crippen LogP contribution in [0.5, 0.6) is 5.88 Å². The van der Waals surface area contributed by atoms with Crippen molar-refractivity contribution in [1.82, 2.24) is 4.98 Å². The molecule has 3 rings (SSSR count). The highest BCUT2D eigenvalue weighted by Crippen LogP contribution is 2.33. The van der Waals surface area contributed by atoms with Crippen molar-refractivity contribution in [3.8, 4) is 17.0 Å². The molecule has 0 unspecified atom stereocenters. The molecule has 0 aliphatic carbocycles. The van der Waals surface area contributed by atoms with Crippen molar-refractivity contribution < 1.29 is 13.5 Å². The normalized spacial score (nSPS) is 10.8. The molecule has 0 radical (unpaired) electrons. The highest BCUT2D eigenvalue weighted by Gasteiger charge is 2.11. The number of hydrogen-bond acceptors (Lipinski definition) is 2. The Balaban J connectivity index is 2.32. The second-order valence-electron chi connectivity index (χ2n) is 4.38. The van der Waals surface area contributed by atoms with Gasteiger partial charge >= 0.3 is 0 Å². The molecule has 4 heteroatoms. The molecule has 0 fully saturated rings. The number of nitrogens with zero attached hydrogens (tertiary/aromatic N) is 1. The topological polar surface area (TPSA) is 22.1 Å². The highest BCUT2D eigenvalue weighted by atomic mass is 19.1. The van der Waals surface area contributed by atoms with Gasteiger partial charge in [0.1, 0.15) is 11.6 Å². The number of rotatable bonds is 2. The molecule has 0 aliphatic rings. The van der Waals surface area contributed by atoms with Gasteiger partial charge < -0.3 is 4.74 Å². The Morgan fingerprint density at radius 3 is 2.50 bits per heavy atom. The largest absolute Gasteiger partial charge is 0.481 e. The van der Waals surface area contributed by atoms with E-state index in [1.807, 2.05) is 0 Å². The van der Waals surface area contributed by atoms with E-state index in [1.165, 1.54) is 31.4 Å². The highest BCUT2D eigenvalue weighted by molar-refractivity contribution is 5.98. The first-order chi connectivity index (χ1) is 9.69. The van der Waals surface area contributed by atoms with Gasteiger partial charge in [-0.25, -0.2) is 13.8 Å². The molecule has 20 heavy (non-hydrogen) atoms. The van der Waals surface area contributed by atoms with Crippen molar-refractivity contribution in [2.75, 3.05) is 7.11 Å². The molecule has 2 aromatic carbocycles. The van der Waals surface area contributed by atoms with Gasteiger partial charge in [-0.05, 0) is 35.2 Å². The summed E-state index contributed by atoms with van der Waals surface area (Å²) in [6, 6.07) is 10.6. The number of benzene rings is 2. The van der Waals surface area contributed by atoms with E-state index in [0.29, 0.717) is 16.8 Å². The zero-order valence-corrected chi connectivity index (χ0v) is 10.7. The standard InChI is InChI=1S/C16H11F2NO/c1-20-16-14-8-12(18)5-6-13(14)15(9-19-16)10-3-2-4-11(17)7-10/h2-9H,1H3. The minimum absolute atomic E-state index is 0.325. The van der Waals surface area contributed by atoms with Gasteiger partial charge in [0, 0.05) is 17.1 Å². The minimum atomic E-state index is -0.367. The summed E-state index contributed by atoms with van der Waals surface area (Å²) in [7, 11) is 1.48. The molecular weight excluding hydrogens is 260 g/mol. The van der Waals surface area contributed by atoms with Crippen molar-refractivity contribution in [2.24, 2.45) is 0 Å². The van der Waals surface area contributed by atoms with Crippen molar-refractivity contribution in [2.45, 2.75) is 0 Å². The lowest BCUT2D eigenvalue weighted by Gasteiger charge is -2.10. The second kappa shape index (κ2) is 4.89. The van der Waals surface area contributed by atoms with Crippen molar-refractivity contribution in [3.05, 3.63) is 60.3 Å². The van der Waals surface area contributed by atoms with Crippen LogP contribution in [0.3, 0.4) is 0 Å². The quantitative estimate of drug-likeness (QED) is 0.697. The van der Waals surface area contributed by atoms with Crippen LogP contribution in [0.15, 0.2) is 48.7 Å². The number of halogens is 2. The van der Waals surface area contributed by atoms with Crippen LogP contribution in [0.2, 0.25) is 0 Å². The Morgan fingerprint density at radius 2 is 1.75 bits per heavy atom. The Hall–Kier alpha value is -2.49. The Labute approximate surface area is 114 Å². The Bertz CT molecular complexity index is 787. The van der Waals surface area contributed by atoms with E-state index in [1.54, 1.807) is 24.4 Å². The lowest BCUT2D eigenvalue weighted by atomic mass is 10.0. The molecule has 100 valence electrons. The van der Waals surface area contributed by atoms with Gasteiger partial charge in [-0.2, -0.15) is 0 Å². The maximum absolute atomic E-state index is 13.4. The fourth-order valence-corrected chi connectivity index (χ4v) is 2.24. The monoisotopic (exact) mass is 271 g/mol. The van der Waals surface area contributed by atoms with E-state index < -0.39 is 0 Å². The second-order valence-corrected chi connectivity index (χ2v) is 4.38. The maximum atomic E-state index is 13.4. The minimum Gasteiger partial charge on any atom is -0.481 e. The summed E-state index contributed by atoms with van der Waals surface area (Å²) in [4.78, 5) is 4.16. The van der Waals surface area contributed by atoms with Crippen molar-refractivity contribution in [1.29, 1.82) is 0 Å². The van der Waals surface area contributed by atoms with Crippen molar-refractivity contribution in [3.63, 3.8) is 0 Å². The van der Waals surface area contributed by atoms with Crippen LogP contribution in [0.4, 0.5) is 8.78 Å². The lowest BCUT2D eigenvalue weighted by molar-refractivity contribution is 0.403. The number of fused-ring (bicyclic) bond motifs is 1. The Kier molecular flexibility index (Phi) is 3.06. The fourth-order valence-electron chi connectivity index (χ4n) is 2.24. The van der Waals surface area contributed by atoms with Crippen LogP contribution in [0, 0.1) is 11.6 Å². The first-order valence-electron chi connectivity index (χ1n) is 6.07. The summed E-state index contributed by atoms with van der Waals surface area (Å²) in [6.07, 6.45) is 1.61. The molecule has 2 nitrogen and oxygen atoms in total. The molecule has 0 bridgehead atoms. The van der Waals surface area contributed by atoms with Crippen molar-refractivity contribution >= 4 is 10.8 Å². The number of pyridine rings is 1. The third-order valence-electron chi connectivity index (χ3n) is 3.14. The zero-order valence-electron chi connectivity index (χ0n) is 10.7. The van der Waals surface area contributed by atoms with Gasteiger partial charge in [-0.3, -0.25) is 0 Å². The van der Waals surface area contributed by atoms with Gasteiger partial charge in [0.25, 0.3) is 0 Å². The van der Waals surface area contributed by atoms with Crippen LogP contribution < -0.4 is 4.74 Å². The number of ether oxygens (including phenoxy) is 1. The SMILES string of the molecule is COc1ncc(-c2cccc(F)c2)c2ccc(F)cc12. The number of methoxy groups -OCH3 is 1. The average Bonchev–Trinajstić information content (AvgIpc) is 2.46. The predicted molar refractivity (Wildman–Crippen MR) is 73.6 cm³/mol. The molecule has 0 amide bonds. The zero-order chi connectivity index (χ0) is 14.1. The fraction of sp³-hybridized carbons (Fsp3) is 0.0625. The molecule has 0 spiro atoms. The summed E-state index contributed by atoms with van der Waals surface area (Å²) >= 11 is 0. The molecule has 3 aromatic rings. The van der Waals surface area contributed by atoms with Gasteiger partial charge in [0.05, 0.1) is 7.11 Å². The molecular formula is C16H11F2NO. The number of hydrogen-bond donors (Lipinski definition) is 0.